The number of thiophene rings is 1. The summed E-state index contributed by atoms with van der Waals surface area (Å²) in [5, 5.41) is 8.84. The first-order valence-electron chi connectivity index (χ1n) is 9.24. The van der Waals surface area contributed by atoms with Crippen LogP contribution in [0.5, 0.6) is 0 Å². The van der Waals surface area contributed by atoms with Crippen molar-refractivity contribution in [2.24, 2.45) is 0 Å². The Balaban J connectivity index is 1.64. The van der Waals surface area contributed by atoms with E-state index in [9.17, 15) is 9.59 Å². The predicted molar refractivity (Wildman–Crippen MR) is 113 cm³/mol. The molecule has 2 aromatic carbocycles. The second-order valence-electron chi connectivity index (χ2n) is 6.90. The van der Waals surface area contributed by atoms with Crippen molar-refractivity contribution in [1.82, 2.24) is 15.0 Å². The lowest BCUT2D eigenvalue weighted by Crippen LogP contribution is -2.24. The van der Waals surface area contributed by atoms with Crippen molar-refractivity contribution in [3.8, 4) is 10.4 Å². The molecule has 0 saturated carbocycles. The van der Waals surface area contributed by atoms with Crippen LogP contribution in [-0.4, -0.2) is 27.1 Å². The lowest BCUT2D eigenvalue weighted by atomic mass is 10.1. The lowest BCUT2D eigenvalue weighted by molar-refractivity contribution is 0.0377. The first kappa shape index (κ1) is 19.0. The Bertz CT molecular complexity index is 1230. The zero-order valence-corrected chi connectivity index (χ0v) is 16.8. The second-order valence-corrected chi connectivity index (χ2v) is 7.93. The molecule has 2 aromatic heterocycles. The average molecular weight is 405 g/mol. The quantitative estimate of drug-likeness (QED) is 0.467. The van der Waals surface area contributed by atoms with E-state index in [4.69, 9.17) is 4.74 Å². The number of benzene rings is 2. The fraction of sp³-hybridized carbons (Fsp3) is 0.182. The van der Waals surface area contributed by atoms with Crippen molar-refractivity contribution in [2.75, 3.05) is 0 Å². The third kappa shape index (κ3) is 4.09. The number of hydrogen-bond donors (Lipinski definition) is 0. The minimum atomic E-state index is -0.388. The molecule has 4 aromatic rings. The van der Waals surface area contributed by atoms with Crippen LogP contribution in [0, 0.1) is 0 Å². The summed E-state index contributed by atoms with van der Waals surface area (Å²) in [5.41, 5.74) is 2.05. The Hall–Kier alpha value is -3.32. The third-order valence-electron chi connectivity index (χ3n) is 4.32. The Labute approximate surface area is 171 Å². The molecule has 0 N–H and O–H groups in total. The minimum absolute atomic E-state index is 0.195. The van der Waals surface area contributed by atoms with Gasteiger partial charge in [0, 0.05) is 4.88 Å². The van der Waals surface area contributed by atoms with Crippen LogP contribution < -0.4 is 5.56 Å². The van der Waals surface area contributed by atoms with Gasteiger partial charge in [0.25, 0.3) is 5.56 Å². The summed E-state index contributed by atoms with van der Waals surface area (Å²) in [6.07, 6.45) is -0.195. The number of fused-ring (bicyclic) bond motifs is 1. The van der Waals surface area contributed by atoms with E-state index >= 15 is 0 Å². The Kier molecular flexibility index (Phi) is 5.22. The normalized spacial score (nSPS) is 11.1. The van der Waals surface area contributed by atoms with Crippen molar-refractivity contribution in [3.05, 3.63) is 82.1 Å². The van der Waals surface area contributed by atoms with E-state index in [2.05, 4.69) is 10.3 Å². The van der Waals surface area contributed by atoms with Crippen molar-refractivity contribution in [1.29, 1.82) is 0 Å². The molecule has 2 heterocycles. The van der Waals surface area contributed by atoms with Gasteiger partial charge >= 0.3 is 5.97 Å². The number of carbonyl (C=O) groups excluding carboxylic acids is 1. The molecule has 0 bridgehead atoms. The number of aromatic nitrogens is 3. The first-order valence-corrected chi connectivity index (χ1v) is 10.1. The minimum Gasteiger partial charge on any atom is -0.459 e. The maximum Gasteiger partial charge on any atom is 0.338 e. The maximum absolute atomic E-state index is 12.9. The van der Waals surface area contributed by atoms with Crippen molar-refractivity contribution < 1.29 is 9.53 Å². The maximum atomic E-state index is 12.9. The number of rotatable bonds is 5. The van der Waals surface area contributed by atoms with Crippen molar-refractivity contribution in [2.45, 2.75) is 26.5 Å². The van der Waals surface area contributed by atoms with Gasteiger partial charge in [0.05, 0.1) is 23.6 Å². The molecule has 146 valence electrons. The van der Waals surface area contributed by atoms with Gasteiger partial charge in [-0.05, 0) is 43.2 Å². The Morgan fingerprint density at radius 1 is 1.10 bits per heavy atom. The fourth-order valence-electron chi connectivity index (χ4n) is 2.98. The van der Waals surface area contributed by atoms with E-state index in [1.807, 2.05) is 42.5 Å². The molecule has 0 atom stereocenters. The van der Waals surface area contributed by atoms with Crippen molar-refractivity contribution in [3.63, 3.8) is 0 Å². The van der Waals surface area contributed by atoms with Crippen LogP contribution in [0.2, 0.25) is 0 Å². The zero-order valence-electron chi connectivity index (χ0n) is 16.0. The highest BCUT2D eigenvalue weighted by Gasteiger charge is 2.13. The standard InChI is InChI=1S/C22H19N3O3S/c1-14(2)28-22(27)17-10-6-7-15(11-17)13-25-21(26)18-12-19(29-20(18)23-24-25)16-8-4-3-5-9-16/h3-12,14H,13H2,1-2H3. The van der Waals surface area contributed by atoms with Gasteiger partial charge in [-0.1, -0.05) is 47.7 Å². The van der Waals surface area contributed by atoms with Crippen LogP contribution in [0.25, 0.3) is 20.7 Å². The highest BCUT2D eigenvalue weighted by Crippen LogP contribution is 2.30. The summed E-state index contributed by atoms with van der Waals surface area (Å²) >= 11 is 1.44. The number of carbonyl (C=O) groups is 1. The van der Waals surface area contributed by atoms with Crippen LogP contribution in [0.4, 0.5) is 0 Å². The van der Waals surface area contributed by atoms with E-state index in [1.54, 1.807) is 32.0 Å². The van der Waals surface area contributed by atoms with E-state index in [0.717, 1.165) is 16.0 Å². The van der Waals surface area contributed by atoms with Crippen LogP contribution in [-0.2, 0) is 11.3 Å². The van der Waals surface area contributed by atoms with E-state index < -0.39 is 0 Å². The van der Waals surface area contributed by atoms with Crippen LogP contribution >= 0.6 is 11.3 Å². The summed E-state index contributed by atoms with van der Waals surface area (Å²) in [7, 11) is 0. The van der Waals surface area contributed by atoms with Gasteiger partial charge in [0.1, 0.15) is 0 Å². The number of ether oxygens (including phenoxy) is 1. The molecule has 0 aliphatic rings. The van der Waals surface area contributed by atoms with E-state index in [0.29, 0.717) is 15.8 Å². The van der Waals surface area contributed by atoms with Gasteiger partial charge in [0.15, 0.2) is 4.83 Å². The Morgan fingerprint density at radius 2 is 1.90 bits per heavy atom. The molecule has 0 aliphatic carbocycles. The van der Waals surface area contributed by atoms with Gasteiger partial charge in [-0.2, -0.15) is 0 Å². The van der Waals surface area contributed by atoms with Crippen LogP contribution in [0.1, 0.15) is 29.8 Å². The summed E-state index contributed by atoms with van der Waals surface area (Å²) < 4.78 is 6.55. The summed E-state index contributed by atoms with van der Waals surface area (Å²) in [6.45, 7) is 3.83. The number of esters is 1. The Morgan fingerprint density at radius 3 is 2.66 bits per heavy atom. The molecule has 29 heavy (non-hydrogen) atoms. The van der Waals surface area contributed by atoms with Crippen molar-refractivity contribution >= 4 is 27.5 Å². The van der Waals surface area contributed by atoms with Crippen LogP contribution in [0.3, 0.4) is 0 Å². The summed E-state index contributed by atoms with van der Waals surface area (Å²) in [5.74, 6) is -0.388. The molecule has 6 nitrogen and oxygen atoms in total. The molecule has 7 heteroatoms. The molecule has 0 amide bonds. The smallest absolute Gasteiger partial charge is 0.338 e. The highest BCUT2D eigenvalue weighted by molar-refractivity contribution is 7.21. The predicted octanol–water partition coefficient (Wildman–Crippen LogP) is 4.13. The van der Waals surface area contributed by atoms with Gasteiger partial charge in [-0.15, -0.1) is 16.4 Å². The first-order chi connectivity index (χ1) is 14.0. The van der Waals surface area contributed by atoms with Gasteiger partial charge in [-0.3, -0.25) is 4.79 Å². The van der Waals surface area contributed by atoms with Gasteiger partial charge in [-0.25, -0.2) is 9.48 Å². The zero-order chi connectivity index (χ0) is 20.4. The molecule has 4 rings (SSSR count). The average Bonchev–Trinajstić information content (AvgIpc) is 3.16. The third-order valence-corrected chi connectivity index (χ3v) is 5.39. The highest BCUT2D eigenvalue weighted by atomic mass is 32.1. The molecule has 0 saturated heterocycles. The molecular formula is C22H19N3O3S. The van der Waals surface area contributed by atoms with Crippen LogP contribution in [0.15, 0.2) is 65.5 Å². The van der Waals surface area contributed by atoms with Gasteiger partial charge < -0.3 is 4.74 Å². The number of hydrogen-bond acceptors (Lipinski definition) is 6. The van der Waals surface area contributed by atoms with Gasteiger partial charge in [0.2, 0.25) is 0 Å². The lowest BCUT2D eigenvalue weighted by Gasteiger charge is -2.09. The molecule has 0 radical (unpaired) electrons. The molecular weight excluding hydrogens is 386 g/mol. The molecule has 0 spiro atoms. The molecule has 0 unspecified atom stereocenters. The summed E-state index contributed by atoms with van der Waals surface area (Å²) in [6, 6.07) is 18.7. The molecule has 0 fully saturated rings. The SMILES string of the molecule is CC(C)OC(=O)c1cccc(Cn2nnc3sc(-c4ccccc4)cc3c2=O)c1. The number of nitrogens with zero attached hydrogens (tertiary/aromatic N) is 3. The second kappa shape index (κ2) is 7.97. The fourth-order valence-corrected chi connectivity index (χ4v) is 3.96. The topological polar surface area (TPSA) is 74.1 Å². The summed E-state index contributed by atoms with van der Waals surface area (Å²) in [4.78, 5) is 26.6. The monoisotopic (exact) mass is 405 g/mol. The molecule has 0 aliphatic heterocycles. The largest absolute Gasteiger partial charge is 0.459 e. The van der Waals surface area contributed by atoms with E-state index in [1.165, 1.54) is 16.0 Å². The van der Waals surface area contributed by atoms with E-state index in [-0.39, 0.29) is 24.2 Å².